The summed E-state index contributed by atoms with van der Waals surface area (Å²) in [5.74, 6) is -0.0138. The lowest BCUT2D eigenvalue weighted by atomic mass is 10.1. The van der Waals surface area contributed by atoms with Gasteiger partial charge >= 0.3 is 6.01 Å². The van der Waals surface area contributed by atoms with Crippen molar-refractivity contribution < 1.29 is 14.0 Å². The predicted octanol–water partition coefficient (Wildman–Crippen LogP) is 2.83. The summed E-state index contributed by atoms with van der Waals surface area (Å²) in [6.45, 7) is 0.480. The molecule has 26 heavy (non-hydrogen) atoms. The van der Waals surface area contributed by atoms with Crippen molar-refractivity contribution in [3.05, 3.63) is 58.6 Å². The molecule has 3 aromatic rings. The number of amides is 2. The zero-order chi connectivity index (χ0) is 17.9. The summed E-state index contributed by atoms with van der Waals surface area (Å²) in [5.41, 5.74) is 0.851. The van der Waals surface area contributed by atoms with Crippen LogP contribution < -0.4 is 10.2 Å². The Kier molecular flexibility index (Phi) is 4.49. The molecule has 1 aliphatic heterocycles. The second-order valence-corrected chi connectivity index (χ2v) is 7.02. The van der Waals surface area contributed by atoms with Crippen LogP contribution in [0.5, 0.6) is 0 Å². The van der Waals surface area contributed by atoms with Gasteiger partial charge in [0.15, 0.2) is 0 Å². The van der Waals surface area contributed by atoms with Gasteiger partial charge in [-0.3, -0.25) is 14.9 Å². The van der Waals surface area contributed by atoms with Gasteiger partial charge in [-0.05, 0) is 23.6 Å². The summed E-state index contributed by atoms with van der Waals surface area (Å²) in [6, 6.07) is 13.3. The van der Waals surface area contributed by atoms with E-state index in [2.05, 4.69) is 15.5 Å². The molecule has 1 saturated heterocycles. The van der Waals surface area contributed by atoms with Gasteiger partial charge in [0.05, 0.1) is 12.3 Å². The van der Waals surface area contributed by atoms with Crippen molar-refractivity contribution in [3.8, 4) is 0 Å². The highest BCUT2D eigenvalue weighted by atomic mass is 32.1. The number of para-hydroxylation sites is 1. The number of rotatable bonds is 5. The molecule has 1 atom stereocenters. The molecule has 2 amide bonds. The Labute approximate surface area is 153 Å². The quantitative estimate of drug-likeness (QED) is 0.748. The van der Waals surface area contributed by atoms with E-state index in [1.54, 1.807) is 4.90 Å². The fourth-order valence-electron chi connectivity index (χ4n) is 2.92. The molecule has 1 aromatic carbocycles. The molecule has 4 rings (SSSR count). The summed E-state index contributed by atoms with van der Waals surface area (Å²) in [6.07, 6.45) is 0.568. The van der Waals surface area contributed by atoms with Crippen LogP contribution in [0.25, 0.3) is 0 Å². The van der Waals surface area contributed by atoms with Gasteiger partial charge in [-0.1, -0.05) is 29.4 Å². The van der Waals surface area contributed by atoms with Gasteiger partial charge in [0.25, 0.3) is 0 Å². The Bertz CT molecular complexity index is 908. The van der Waals surface area contributed by atoms with Crippen LogP contribution in [0.2, 0.25) is 0 Å². The minimum absolute atomic E-state index is 0.0164. The third-order valence-electron chi connectivity index (χ3n) is 4.14. The van der Waals surface area contributed by atoms with E-state index in [9.17, 15) is 9.59 Å². The number of aromatic nitrogens is 2. The number of anilines is 2. The molecule has 8 heteroatoms. The molecule has 2 aromatic heterocycles. The van der Waals surface area contributed by atoms with Crippen LogP contribution >= 0.6 is 11.3 Å². The van der Waals surface area contributed by atoms with E-state index in [1.807, 2.05) is 47.8 Å². The minimum atomic E-state index is -0.212. The monoisotopic (exact) mass is 368 g/mol. The van der Waals surface area contributed by atoms with E-state index in [0.717, 1.165) is 10.6 Å². The van der Waals surface area contributed by atoms with Crippen molar-refractivity contribution >= 4 is 34.9 Å². The Morgan fingerprint density at radius 3 is 2.85 bits per heavy atom. The fourth-order valence-corrected chi connectivity index (χ4v) is 3.62. The van der Waals surface area contributed by atoms with Gasteiger partial charge in [-0.15, -0.1) is 16.4 Å². The number of carbonyl (C=O) groups excluding carboxylic acids is 2. The Balaban J connectivity index is 1.40. The largest absolute Gasteiger partial charge is 0.407 e. The van der Waals surface area contributed by atoms with Crippen LogP contribution in [0.4, 0.5) is 11.7 Å². The van der Waals surface area contributed by atoms with Crippen molar-refractivity contribution in [3.63, 3.8) is 0 Å². The number of nitrogens with one attached hydrogen (secondary N) is 1. The lowest BCUT2D eigenvalue weighted by molar-refractivity contribution is -0.117. The molecule has 1 aliphatic rings. The minimum Gasteiger partial charge on any atom is -0.407 e. The standard InChI is InChI=1S/C18H16N4O3S/c23-15(10-14-7-4-8-26-14)19-18-21-20-17(25-18)12-9-16(24)22(11-12)13-5-2-1-3-6-13/h1-8,12H,9-11H2,(H,19,21,23)/t12-/m1/s1. The summed E-state index contributed by atoms with van der Waals surface area (Å²) in [5, 5.41) is 12.4. The fraction of sp³-hybridized carbons (Fsp3) is 0.222. The number of nitrogens with zero attached hydrogens (tertiary/aromatic N) is 3. The molecule has 0 radical (unpaired) electrons. The van der Waals surface area contributed by atoms with Gasteiger partial charge in [-0.2, -0.15) is 0 Å². The third-order valence-corrected chi connectivity index (χ3v) is 5.02. The highest BCUT2D eigenvalue weighted by molar-refractivity contribution is 7.10. The number of hydrogen-bond donors (Lipinski definition) is 1. The zero-order valence-corrected chi connectivity index (χ0v) is 14.6. The molecule has 0 bridgehead atoms. The van der Waals surface area contributed by atoms with Crippen molar-refractivity contribution in [1.29, 1.82) is 0 Å². The Hall–Kier alpha value is -3.00. The van der Waals surface area contributed by atoms with Crippen LogP contribution in [0, 0.1) is 0 Å². The molecular weight excluding hydrogens is 352 g/mol. The van der Waals surface area contributed by atoms with Gasteiger partial charge in [0.2, 0.25) is 17.7 Å². The number of thiophene rings is 1. The van der Waals surface area contributed by atoms with Crippen LogP contribution in [0.15, 0.2) is 52.3 Å². The summed E-state index contributed by atoms with van der Waals surface area (Å²) in [7, 11) is 0. The van der Waals surface area contributed by atoms with Crippen LogP contribution in [-0.4, -0.2) is 28.6 Å². The Morgan fingerprint density at radius 1 is 1.23 bits per heavy atom. The van der Waals surface area contributed by atoms with Crippen molar-refractivity contribution in [1.82, 2.24) is 10.2 Å². The summed E-state index contributed by atoms with van der Waals surface area (Å²) >= 11 is 1.52. The molecule has 3 heterocycles. The van der Waals surface area contributed by atoms with Crippen LogP contribution in [0.3, 0.4) is 0 Å². The average molecular weight is 368 g/mol. The highest BCUT2D eigenvalue weighted by Gasteiger charge is 2.35. The second-order valence-electron chi connectivity index (χ2n) is 5.99. The topological polar surface area (TPSA) is 88.3 Å². The lowest BCUT2D eigenvalue weighted by Gasteiger charge is -2.15. The highest BCUT2D eigenvalue weighted by Crippen LogP contribution is 2.31. The molecule has 0 aliphatic carbocycles. The first-order chi connectivity index (χ1) is 12.7. The van der Waals surface area contributed by atoms with E-state index < -0.39 is 0 Å². The maximum absolute atomic E-state index is 12.3. The molecule has 0 saturated carbocycles. The van der Waals surface area contributed by atoms with E-state index in [0.29, 0.717) is 18.9 Å². The SMILES string of the molecule is O=C(Cc1cccs1)Nc1nnc([C@@H]2CC(=O)N(c3ccccc3)C2)o1. The van der Waals surface area contributed by atoms with Gasteiger partial charge in [0.1, 0.15) is 0 Å². The van der Waals surface area contributed by atoms with Gasteiger partial charge in [0, 0.05) is 23.5 Å². The lowest BCUT2D eigenvalue weighted by Crippen LogP contribution is -2.24. The van der Waals surface area contributed by atoms with E-state index in [4.69, 9.17) is 4.42 Å². The molecule has 7 nitrogen and oxygen atoms in total. The van der Waals surface area contributed by atoms with Crippen molar-refractivity contribution in [2.45, 2.75) is 18.8 Å². The zero-order valence-electron chi connectivity index (χ0n) is 13.8. The second kappa shape index (κ2) is 7.09. The van der Waals surface area contributed by atoms with E-state index in [1.165, 1.54) is 11.3 Å². The first-order valence-electron chi connectivity index (χ1n) is 8.20. The molecule has 1 fully saturated rings. The van der Waals surface area contributed by atoms with Gasteiger partial charge in [-0.25, -0.2) is 0 Å². The molecule has 0 spiro atoms. The maximum atomic E-state index is 12.3. The smallest absolute Gasteiger partial charge is 0.322 e. The molecule has 1 N–H and O–H groups in total. The van der Waals surface area contributed by atoms with Crippen LogP contribution in [0.1, 0.15) is 23.1 Å². The third kappa shape index (κ3) is 3.50. The van der Waals surface area contributed by atoms with Crippen molar-refractivity contribution in [2.75, 3.05) is 16.8 Å². The van der Waals surface area contributed by atoms with E-state index in [-0.39, 0.29) is 30.2 Å². The summed E-state index contributed by atoms with van der Waals surface area (Å²) in [4.78, 5) is 27.0. The Morgan fingerprint density at radius 2 is 2.08 bits per heavy atom. The first kappa shape index (κ1) is 16.5. The normalized spacial score (nSPS) is 16.8. The first-order valence-corrected chi connectivity index (χ1v) is 9.08. The average Bonchev–Trinajstić information content (AvgIpc) is 3.37. The summed E-state index contributed by atoms with van der Waals surface area (Å²) < 4.78 is 5.56. The number of hydrogen-bond acceptors (Lipinski definition) is 6. The van der Waals surface area contributed by atoms with Crippen molar-refractivity contribution in [2.24, 2.45) is 0 Å². The predicted molar refractivity (Wildman–Crippen MR) is 97.1 cm³/mol. The maximum Gasteiger partial charge on any atom is 0.322 e. The molecular formula is C18H16N4O3S. The van der Waals surface area contributed by atoms with Crippen LogP contribution in [-0.2, 0) is 16.0 Å². The molecule has 0 unspecified atom stereocenters. The van der Waals surface area contributed by atoms with Gasteiger partial charge < -0.3 is 9.32 Å². The molecule has 132 valence electrons. The number of benzene rings is 1. The van der Waals surface area contributed by atoms with E-state index >= 15 is 0 Å². The number of carbonyl (C=O) groups is 2.